The molecular formula is C17H24ClN3O2. The molecule has 0 bridgehead atoms. The van der Waals surface area contributed by atoms with Gasteiger partial charge in [0.15, 0.2) is 0 Å². The normalized spacial score (nSPS) is 16.0. The summed E-state index contributed by atoms with van der Waals surface area (Å²) >= 11 is 0. The fourth-order valence-corrected chi connectivity index (χ4v) is 2.54. The zero-order chi connectivity index (χ0) is 15.8. The largest absolute Gasteiger partial charge is 0.497 e. The lowest BCUT2D eigenvalue weighted by atomic mass is 9.96. The molecule has 23 heavy (non-hydrogen) atoms. The van der Waals surface area contributed by atoms with Gasteiger partial charge in [0.05, 0.1) is 13.2 Å². The molecule has 3 N–H and O–H groups in total. The van der Waals surface area contributed by atoms with Crippen molar-refractivity contribution in [3.8, 4) is 5.75 Å². The van der Waals surface area contributed by atoms with Crippen LogP contribution in [0, 0.1) is 0 Å². The third kappa shape index (κ3) is 6.74. The SMILES string of the molecule is COc1ccc(/C=C/C(=NC2CCCCC2)NC(N)=O)cc1.Cl. The number of halogens is 1. The molecule has 0 heterocycles. The highest BCUT2D eigenvalue weighted by atomic mass is 35.5. The van der Waals surface area contributed by atoms with Crippen molar-refractivity contribution >= 4 is 30.3 Å². The molecule has 1 aromatic rings. The number of hydrogen-bond acceptors (Lipinski definition) is 3. The van der Waals surface area contributed by atoms with E-state index in [0.29, 0.717) is 5.84 Å². The molecule has 6 heteroatoms. The summed E-state index contributed by atoms with van der Waals surface area (Å²) in [6.45, 7) is 0. The van der Waals surface area contributed by atoms with Gasteiger partial charge >= 0.3 is 6.03 Å². The number of primary amides is 1. The number of ether oxygens (including phenoxy) is 1. The molecule has 0 aliphatic heterocycles. The number of nitrogens with two attached hydrogens (primary N) is 1. The summed E-state index contributed by atoms with van der Waals surface area (Å²) in [5.74, 6) is 1.33. The van der Waals surface area contributed by atoms with Crippen LogP contribution in [0.3, 0.4) is 0 Å². The van der Waals surface area contributed by atoms with E-state index < -0.39 is 6.03 Å². The summed E-state index contributed by atoms with van der Waals surface area (Å²) in [6, 6.07) is 7.35. The summed E-state index contributed by atoms with van der Waals surface area (Å²) in [7, 11) is 1.64. The minimum absolute atomic E-state index is 0. The Kier molecular flexibility index (Phi) is 8.19. The molecule has 1 aromatic carbocycles. The Hall–Kier alpha value is -2.01. The number of amidine groups is 1. The standard InChI is InChI=1S/C17H23N3O2.ClH/c1-22-15-10-7-13(8-11-15)9-12-16(20-17(18)21)19-14-5-3-2-4-6-14;/h7-12,14H,2-6H2,1H3,(H3,18,19,20,21);1H/b12-9+;. The number of urea groups is 1. The molecule has 1 fully saturated rings. The lowest BCUT2D eigenvalue weighted by Crippen LogP contribution is -2.35. The third-order valence-corrected chi connectivity index (χ3v) is 3.70. The molecule has 2 rings (SSSR count). The molecule has 0 atom stereocenters. The van der Waals surface area contributed by atoms with E-state index in [0.717, 1.165) is 24.2 Å². The first-order chi connectivity index (χ1) is 10.7. The van der Waals surface area contributed by atoms with Gasteiger partial charge in [0.1, 0.15) is 11.6 Å². The van der Waals surface area contributed by atoms with E-state index in [2.05, 4.69) is 10.3 Å². The van der Waals surface area contributed by atoms with E-state index in [1.807, 2.05) is 30.3 Å². The average Bonchev–Trinajstić information content (AvgIpc) is 2.53. The Morgan fingerprint density at radius 1 is 1.26 bits per heavy atom. The van der Waals surface area contributed by atoms with Gasteiger partial charge in [0.2, 0.25) is 0 Å². The van der Waals surface area contributed by atoms with E-state index in [1.165, 1.54) is 19.3 Å². The van der Waals surface area contributed by atoms with Gasteiger partial charge in [-0.25, -0.2) is 4.79 Å². The van der Waals surface area contributed by atoms with E-state index in [4.69, 9.17) is 10.5 Å². The minimum atomic E-state index is -0.589. The molecule has 5 nitrogen and oxygen atoms in total. The van der Waals surface area contributed by atoms with Gasteiger partial charge in [-0.15, -0.1) is 12.4 Å². The van der Waals surface area contributed by atoms with Gasteiger partial charge in [-0.3, -0.25) is 10.3 Å². The summed E-state index contributed by atoms with van der Waals surface area (Å²) in [5.41, 5.74) is 6.23. The van der Waals surface area contributed by atoms with Gasteiger partial charge in [-0.1, -0.05) is 37.5 Å². The lowest BCUT2D eigenvalue weighted by molar-refractivity contribution is 0.253. The van der Waals surface area contributed by atoms with Gasteiger partial charge in [-0.05, 0) is 36.6 Å². The average molecular weight is 338 g/mol. The first kappa shape index (κ1) is 19.0. The summed E-state index contributed by atoms with van der Waals surface area (Å²) in [4.78, 5) is 15.7. The molecule has 1 saturated carbocycles. The zero-order valence-corrected chi connectivity index (χ0v) is 14.1. The second kappa shape index (κ2) is 9.90. The summed E-state index contributed by atoms with van der Waals surface area (Å²) in [5, 5.41) is 2.60. The topological polar surface area (TPSA) is 76.7 Å². The number of benzene rings is 1. The van der Waals surface area contributed by atoms with Crippen LogP contribution in [0.4, 0.5) is 4.79 Å². The van der Waals surface area contributed by atoms with Crippen LogP contribution < -0.4 is 15.8 Å². The number of amides is 2. The maximum atomic E-state index is 11.1. The molecular weight excluding hydrogens is 314 g/mol. The van der Waals surface area contributed by atoms with E-state index in [-0.39, 0.29) is 18.4 Å². The van der Waals surface area contributed by atoms with E-state index in [9.17, 15) is 4.79 Å². The Labute approximate surface area is 143 Å². The van der Waals surface area contributed by atoms with Crippen LogP contribution >= 0.6 is 12.4 Å². The number of carbonyl (C=O) groups is 1. The predicted molar refractivity (Wildman–Crippen MR) is 96.3 cm³/mol. The van der Waals surface area contributed by atoms with E-state index >= 15 is 0 Å². The van der Waals surface area contributed by atoms with Gasteiger partial charge in [0, 0.05) is 0 Å². The van der Waals surface area contributed by atoms with Crippen molar-refractivity contribution in [3.05, 3.63) is 35.9 Å². The second-order valence-electron chi connectivity index (χ2n) is 5.40. The second-order valence-corrected chi connectivity index (χ2v) is 5.40. The van der Waals surface area contributed by atoms with Crippen molar-refractivity contribution < 1.29 is 9.53 Å². The van der Waals surface area contributed by atoms with Crippen LogP contribution in [0.15, 0.2) is 35.3 Å². The quantitative estimate of drug-likeness (QED) is 0.651. The fourth-order valence-electron chi connectivity index (χ4n) is 2.54. The first-order valence-corrected chi connectivity index (χ1v) is 7.64. The van der Waals surface area contributed by atoms with Crippen LogP contribution in [-0.4, -0.2) is 25.0 Å². The first-order valence-electron chi connectivity index (χ1n) is 7.64. The molecule has 1 aliphatic carbocycles. The number of methoxy groups -OCH3 is 1. The zero-order valence-electron chi connectivity index (χ0n) is 13.3. The number of nitrogens with zero attached hydrogens (tertiary/aromatic N) is 1. The number of aliphatic imine (C=N–C) groups is 1. The summed E-state index contributed by atoms with van der Waals surface area (Å²) in [6.07, 6.45) is 9.49. The van der Waals surface area contributed by atoms with Crippen molar-refractivity contribution in [1.29, 1.82) is 0 Å². The van der Waals surface area contributed by atoms with Gasteiger partial charge in [0.25, 0.3) is 0 Å². The molecule has 1 aliphatic rings. The predicted octanol–water partition coefficient (Wildman–Crippen LogP) is 3.53. The van der Waals surface area contributed by atoms with Crippen molar-refractivity contribution in [2.75, 3.05) is 7.11 Å². The molecule has 0 unspecified atom stereocenters. The van der Waals surface area contributed by atoms with E-state index in [1.54, 1.807) is 13.2 Å². The molecule has 0 aromatic heterocycles. The minimum Gasteiger partial charge on any atom is -0.497 e. The van der Waals surface area contributed by atoms with Crippen molar-refractivity contribution in [3.63, 3.8) is 0 Å². The van der Waals surface area contributed by atoms with Crippen LogP contribution in [0.2, 0.25) is 0 Å². The maximum Gasteiger partial charge on any atom is 0.317 e. The van der Waals surface area contributed by atoms with Crippen molar-refractivity contribution in [1.82, 2.24) is 5.32 Å². The van der Waals surface area contributed by atoms with Crippen LogP contribution in [-0.2, 0) is 0 Å². The maximum absolute atomic E-state index is 11.1. The Bertz CT molecular complexity index is 549. The highest BCUT2D eigenvalue weighted by Crippen LogP contribution is 2.20. The van der Waals surface area contributed by atoms with Crippen molar-refractivity contribution in [2.45, 2.75) is 38.1 Å². The smallest absolute Gasteiger partial charge is 0.317 e. The molecule has 0 saturated heterocycles. The monoisotopic (exact) mass is 337 g/mol. The Morgan fingerprint density at radius 2 is 1.91 bits per heavy atom. The van der Waals surface area contributed by atoms with Gasteiger partial charge in [-0.2, -0.15) is 0 Å². The van der Waals surface area contributed by atoms with Crippen LogP contribution in [0.1, 0.15) is 37.7 Å². The third-order valence-electron chi connectivity index (χ3n) is 3.70. The van der Waals surface area contributed by atoms with Gasteiger partial charge < -0.3 is 10.5 Å². The number of nitrogens with one attached hydrogen (secondary N) is 1. The van der Waals surface area contributed by atoms with Crippen LogP contribution in [0.25, 0.3) is 6.08 Å². The summed E-state index contributed by atoms with van der Waals surface area (Å²) < 4.78 is 5.13. The molecule has 2 amide bonds. The number of hydrogen-bond donors (Lipinski definition) is 2. The fraction of sp³-hybridized carbons (Fsp3) is 0.412. The van der Waals surface area contributed by atoms with Crippen LogP contribution in [0.5, 0.6) is 5.75 Å². The molecule has 126 valence electrons. The highest BCUT2D eigenvalue weighted by Gasteiger charge is 2.12. The Balaban J connectivity index is 0.00000264. The number of carbonyl (C=O) groups excluding carboxylic acids is 1. The molecule has 0 spiro atoms. The highest BCUT2D eigenvalue weighted by molar-refractivity contribution is 6.05. The lowest BCUT2D eigenvalue weighted by Gasteiger charge is -2.18. The number of rotatable bonds is 4. The Morgan fingerprint density at radius 3 is 2.48 bits per heavy atom. The van der Waals surface area contributed by atoms with Crippen molar-refractivity contribution in [2.24, 2.45) is 10.7 Å². The molecule has 0 radical (unpaired) electrons.